The van der Waals surface area contributed by atoms with Gasteiger partial charge in [-0.3, -0.25) is 0 Å². The second kappa shape index (κ2) is 9.27. The number of likely N-dealkylation sites (tertiary alicyclic amines) is 1. The topological polar surface area (TPSA) is 67.1 Å². The summed E-state index contributed by atoms with van der Waals surface area (Å²) in [5, 5.41) is 14.4. The number of hydrogen-bond donors (Lipinski definition) is 1. The fourth-order valence-corrected chi connectivity index (χ4v) is 4.33. The van der Waals surface area contributed by atoms with Gasteiger partial charge in [0.05, 0.1) is 12.1 Å². The number of allylic oxidation sites excluding steroid dienone is 1. The van der Waals surface area contributed by atoms with E-state index in [0.29, 0.717) is 19.0 Å². The Bertz CT molecular complexity index is 907. The summed E-state index contributed by atoms with van der Waals surface area (Å²) in [6.45, 7) is 11.6. The van der Waals surface area contributed by atoms with Gasteiger partial charge in [-0.2, -0.15) is 5.10 Å². The maximum atomic E-state index is 12.4. The van der Waals surface area contributed by atoms with Gasteiger partial charge in [-0.05, 0) is 55.9 Å². The van der Waals surface area contributed by atoms with Crippen molar-refractivity contribution in [2.75, 3.05) is 19.7 Å². The van der Waals surface area contributed by atoms with Crippen LogP contribution in [0.2, 0.25) is 0 Å². The number of hydrogen-bond acceptors (Lipinski definition) is 4. The number of amides is 1. The van der Waals surface area contributed by atoms with Crippen molar-refractivity contribution in [3.63, 3.8) is 0 Å². The molecule has 6 nitrogen and oxygen atoms in total. The van der Waals surface area contributed by atoms with Crippen molar-refractivity contribution in [1.82, 2.24) is 14.5 Å². The molecule has 1 N–H and O–H groups in total. The third-order valence-corrected chi connectivity index (χ3v) is 6.21. The number of piperidine rings is 1. The minimum Gasteiger partial charge on any atom is -0.445 e. The van der Waals surface area contributed by atoms with Crippen molar-refractivity contribution in [1.29, 1.82) is 0 Å². The molecule has 1 atom stereocenters. The highest BCUT2D eigenvalue weighted by molar-refractivity contribution is 5.68. The van der Waals surface area contributed by atoms with Gasteiger partial charge in [-0.25, -0.2) is 9.31 Å². The molecule has 2 aromatic rings. The van der Waals surface area contributed by atoms with Crippen LogP contribution in [0, 0.1) is 12.8 Å². The van der Waals surface area contributed by atoms with E-state index in [4.69, 9.17) is 4.74 Å². The Kier molecular flexibility index (Phi) is 6.75. The second-order valence-electron chi connectivity index (χ2n) is 7.70. The Labute approximate surface area is 172 Å². The first-order valence-corrected chi connectivity index (χ1v) is 10.3. The predicted molar refractivity (Wildman–Crippen MR) is 114 cm³/mol. The van der Waals surface area contributed by atoms with E-state index in [-0.39, 0.29) is 25.2 Å². The van der Waals surface area contributed by atoms with E-state index < -0.39 is 0 Å². The molecule has 0 bridgehead atoms. The van der Waals surface area contributed by atoms with E-state index in [1.165, 1.54) is 0 Å². The number of carbonyl (C=O) groups is 1. The van der Waals surface area contributed by atoms with Crippen LogP contribution in [0.5, 0.6) is 0 Å². The molecule has 0 spiro atoms. The molecule has 1 aliphatic heterocycles. The second-order valence-corrected chi connectivity index (χ2v) is 7.70. The van der Waals surface area contributed by atoms with E-state index in [0.717, 1.165) is 40.8 Å². The number of aromatic nitrogens is 2. The zero-order valence-electron chi connectivity index (χ0n) is 17.6. The third kappa shape index (κ3) is 4.22. The van der Waals surface area contributed by atoms with Gasteiger partial charge in [0.25, 0.3) is 0 Å². The summed E-state index contributed by atoms with van der Waals surface area (Å²) < 4.78 is 7.38. The lowest BCUT2D eigenvalue weighted by Gasteiger charge is -2.34. The Morgan fingerprint density at radius 2 is 2.17 bits per heavy atom. The van der Waals surface area contributed by atoms with Crippen molar-refractivity contribution in [2.24, 2.45) is 5.92 Å². The van der Waals surface area contributed by atoms with Gasteiger partial charge in [0.1, 0.15) is 6.61 Å². The molecule has 0 aliphatic carbocycles. The number of fused-ring (bicyclic) bond motifs is 1. The van der Waals surface area contributed by atoms with Crippen LogP contribution in [0.4, 0.5) is 4.79 Å². The largest absolute Gasteiger partial charge is 0.445 e. The minimum atomic E-state index is -0.258. The van der Waals surface area contributed by atoms with Gasteiger partial charge in [0.15, 0.2) is 0 Å². The molecular formula is C23H31N3O3. The zero-order chi connectivity index (χ0) is 21.0. The summed E-state index contributed by atoms with van der Waals surface area (Å²) in [6, 6.07) is 3.90. The summed E-state index contributed by atoms with van der Waals surface area (Å²) in [5.74, 6) is 0.731. The molecule has 1 fully saturated rings. The highest BCUT2D eigenvalue weighted by Crippen LogP contribution is 2.36. The predicted octanol–water partition coefficient (Wildman–Crippen LogP) is 4.22. The first kappa shape index (κ1) is 21.1. The van der Waals surface area contributed by atoms with E-state index >= 15 is 0 Å². The minimum absolute atomic E-state index is 0.0108. The first-order chi connectivity index (χ1) is 14.0. The van der Waals surface area contributed by atoms with Gasteiger partial charge in [0, 0.05) is 36.5 Å². The fourth-order valence-electron chi connectivity index (χ4n) is 4.33. The van der Waals surface area contributed by atoms with Gasteiger partial charge in [-0.1, -0.05) is 25.7 Å². The Morgan fingerprint density at radius 1 is 1.45 bits per heavy atom. The van der Waals surface area contributed by atoms with Crippen LogP contribution in [0.1, 0.15) is 49.4 Å². The van der Waals surface area contributed by atoms with Crippen LogP contribution < -0.4 is 0 Å². The van der Waals surface area contributed by atoms with Crippen molar-refractivity contribution < 1.29 is 14.6 Å². The lowest BCUT2D eigenvalue weighted by Crippen LogP contribution is -2.40. The molecule has 6 heteroatoms. The smallest absolute Gasteiger partial charge is 0.410 e. The molecule has 3 heterocycles. The molecule has 1 unspecified atom stereocenters. The molecule has 0 aromatic carbocycles. The van der Waals surface area contributed by atoms with E-state index in [1.807, 2.05) is 29.6 Å². The molecule has 29 heavy (non-hydrogen) atoms. The fraction of sp³-hybridized carbons (Fsp3) is 0.478. The summed E-state index contributed by atoms with van der Waals surface area (Å²) >= 11 is 0. The zero-order valence-corrected chi connectivity index (χ0v) is 17.6. The molecule has 1 saturated heterocycles. The van der Waals surface area contributed by atoms with Crippen LogP contribution in [0.25, 0.3) is 5.52 Å². The van der Waals surface area contributed by atoms with Gasteiger partial charge >= 0.3 is 6.09 Å². The van der Waals surface area contributed by atoms with Crippen molar-refractivity contribution >= 4 is 11.6 Å². The maximum Gasteiger partial charge on any atom is 0.410 e. The number of nitrogens with zero attached hydrogens (tertiary/aromatic N) is 3. The first-order valence-electron chi connectivity index (χ1n) is 10.3. The molecule has 3 rings (SSSR count). The van der Waals surface area contributed by atoms with Crippen molar-refractivity contribution in [3.8, 4) is 0 Å². The summed E-state index contributed by atoms with van der Waals surface area (Å²) in [5.41, 5.74) is 5.10. The standard InChI is InChI=1S/C23H31N3O3/c1-5-18(6-2)15-29-23(28)25-12-9-19(10-13-25)16(3)22-17(4)20(14-27)21-8-7-11-24-26(21)22/h5-8,11,16,19,27H,1,9-10,12-15H2,2-4H3. The van der Waals surface area contributed by atoms with Gasteiger partial charge < -0.3 is 14.7 Å². The number of ether oxygens (including phenoxy) is 1. The maximum absolute atomic E-state index is 12.4. The van der Waals surface area contributed by atoms with Crippen molar-refractivity contribution in [2.45, 2.75) is 46.1 Å². The van der Waals surface area contributed by atoms with Crippen LogP contribution in [-0.4, -0.2) is 45.4 Å². The van der Waals surface area contributed by atoms with Gasteiger partial charge in [0.2, 0.25) is 0 Å². The van der Waals surface area contributed by atoms with Crippen LogP contribution in [0.3, 0.4) is 0 Å². The number of aliphatic hydroxyl groups excluding tert-OH is 1. The average molecular weight is 398 g/mol. The van der Waals surface area contributed by atoms with Crippen LogP contribution in [-0.2, 0) is 11.3 Å². The number of aliphatic hydroxyl groups is 1. The highest BCUT2D eigenvalue weighted by atomic mass is 16.6. The van der Waals surface area contributed by atoms with Crippen molar-refractivity contribution in [3.05, 3.63) is 59.5 Å². The lowest BCUT2D eigenvalue weighted by molar-refractivity contribution is 0.0921. The van der Waals surface area contributed by atoms with E-state index in [2.05, 4.69) is 25.5 Å². The van der Waals surface area contributed by atoms with E-state index in [9.17, 15) is 9.90 Å². The Morgan fingerprint density at radius 3 is 2.79 bits per heavy atom. The van der Waals surface area contributed by atoms with Crippen LogP contribution in [0.15, 0.2) is 42.6 Å². The third-order valence-electron chi connectivity index (χ3n) is 6.21. The molecular weight excluding hydrogens is 366 g/mol. The summed E-state index contributed by atoms with van der Waals surface area (Å²) in [4.78, 5) is 14.1. The number of rotatable bonds is 6. The summed E-state index contributed by atoms with van der Waals surface area (Å²) in [7, 11) is 0. The number of carbonyl (C=O) groups excluding carboxylic acids is 1. The quantitative estimate of drug-likeness (QED) is 0.741. The SMILES string of the molecule is C=CC(=CC)COC(=O)N1CCC(C(C)c2c(C)c(CO)c3cccnn23)CC1. The van der Waals surface area contributed by atoms with E-state index in [1.54, 1.807) is 17.2 Å². The molecule has 0 radical (unpaired) electrons. The molecule has 156 valence electrons. The monoisotopic (exact) mass is 397 g/mol. The van der Waals surface area contributed by atoms with Gasteiger partial charge in [-0.15, -0.1) is 0 Å². The normalized spacial score (nSPS) is 16.8. The Hall–Kier alpha value is -2.60. The van der Waals surface area contributed by atoms with Crippen LogP contribution >= 0.6 is 0 Å². The summed E-state index contributed by atoms with van der Waals surface area (Å²) in [6.07, 6.45) is 6.97. The molecule has 1 amide bonds. The molecule has 0 saturated carbocycles. The Balaban J connectivity index is 1.67. The lowest BCUT2D eigenvalue weighted by atomic mass is 9.82. The molecule has 1 aliphatic rings. The average Bonchev–Trinajstić information content (AvgIpc) is 3.04. The highest BCUT2D eigenvalue weighted by Gasteiger charge is 2.31. The molecule has 2 aromatic heterocycles.